The topological polar surface area (TPSA) is 114 Å². The molecule has 2 aliphatic heterocycles. The highest BCUT2D eigenvalue weighted by atomic mass is 35.5. The number of amides is 2. The number of carbonyl (C=O) groups is 2. The predicted molar refractivity (Wildman–Crippen MR) is 119 cm³/mol. The minimum Gasteiger partial charge on any atom is -0.389 e. The van der Waals surface area contributed by atoms with Crippen LogP contribution in [-0.4, -0.2) is 75.9 Å². The van der Waals surface area contributed by atoms with E-state index in [0.29, 0.717) is 24.4 Å². The van der Waals surface area contributed by atoms with Gasteiger partial charge in [0.2, 0.25) is 5.91 Å². The first-order valence-corrected chi connectivity index (χ1v) is 11.4. The molecular formula is C23H27ClN4O5. The number of nitrogens with one attached hydrogen (secondary N) is 1. The molecule has 1 aromatic heterocycles. The number of nitrogens with zero attached hydrogens (tertiary/aromatic N) is 3. The van der Waals surface area contributed by atoms with Crippen LogP contribution in [0.5, 0.6) is 0 Å². The van der Waals surface area contributed by atoms with Gasteiger partial charge < -0.3 is 24.8 Å². The zero-order valence-electron chi connectivity index (χ0n) is 18.1. The molecule has 2 fully saturated rings. The second-order valence-corrected chi connectivity index (χ2v) is 8.72. The molecule has 176 valence electrons. The quantitative estimate of drug-likeness (QED) is 0.676. The van der Waals surface area contributed by atoms with Crippen molar-refractivity contribution in [3.8, 4) is 0 Å². The number of β-amino-alcohol motifs (C(OH)–C–C–N with tert-alkyl or cyclic N) is 1. The van der Waals surface area contributed by atoms with E-state index in [1.807, 2.05) is 12.1 Å². The van der Waals surface area contributed by atoms with Gasteiger partial charge in [0, 0.05) is 30.5 Å². The van der Waals surface area contributed by atoms with Gasteiger partial charge in [-0.3, -0.25) is 14.6 Å². The number of aliphatic hydroxyl groups excluding tert-OH is 1. The molecule has 2 N–H and O–H groups in total. The Labute approximate surface area is 197 Å². The lowest BCUT2D eigenvalue weighted by atomic mass is 9.94. The molecule has 9 nitrogen and oxygen atoms in total. The molecular weight excluding hydrogens is 448 g/mol. The Kier molecular flexibility index (Phi) is 7.87. The van der Waals surface area contributed by atoms with Crippen LogP contribution in [0, 0.1) is 0 Å². The molecule has 0 unspecified atom stereocenters. The molecule has 2 aromatic rings. The Morgan fingerprint density at radius 3 is 2.76 bits per heavy atom. The zero-order chi connectivity index (χ0) is 23.2. The summed E-state index contributed by atoms with van der Waals surface area (Å²) in [4.78, 5) is 35.3. The van der Waals surface area contributed by atoms with Crippen LogP contribution in [0.4, 0.5) is 0 Å². The normalized spacial score (nSPS) is 25.5. The van der Waals surface area contributed by atoms with Crippen molar-refractivity contribution >= 4 is 23.4 Å². The fourth-order valence-corrected chi connectivity index (χ4v) is 4.34. The number of benzene rings is 1. The minimum atomic E-state index is -0.803. The highest BCUT2D eigenvalue weighted by Crippen LogP contribution is 2.28. The van der Waals surface area contributed by atoms with Gasteiger partial charge in [-0.05, 0) is 30.5 Å². The third-order valence-corrected chi connectivity index (χ3v) is 6.09. The average Bonchev–Trinajstić information content (AvgIpc) is 2.82. The van der Waals surface area contributed by atoms with Crippen molar-refractivity contribution in [1.29, 1.82) is 0 Å². The SMILES string of the molecule is O=C(C[C@H]1CC[C@@H]2[C@H](COC[C@@H](O)CN2C(=O)c2cnccn2)O1)NCc1ccc(Cl)cc1. The standard InChI is InChI=1S/C23H27ClN4O5/c24-16-3-1-15(2-4-16)10-27-22(30)9-18-5-6-20-21(33-18)14-32-13-17(29)12-28(20)23(31)19-11-25-7-8-26-19/h1-4,7-8,11,17-18,20-21,29H,5-6,9-10,12-14H2,(H,27,30)/t17-,18+,20+,21-/m0/s1. The van der Waals surface area contributed by atoms with E-state index in [9.17, 15) is 14.7 Å². The summed E-state index contributed by atoms with van der Waals surface area (Å²) in [7, 11) is 0. The monoisotopic (exact) mass is 474 g/mol. The number of carbonyl (C=O) groups excluding carboxylic acids is 2. The predicted octanol–water partition coefficient (Wildman–Crippen LogP) is 1.59. The molecule has 0 saturated carbocycles. The maximum Gasteiger partial charge on any atom is 0.274 e. The van der Waals surface area contributed by atoms with Crippen molar-refractivity contribution in [3.63, 3.8) is 0 Å². The second kappa shape index (κ2) is 11.0. The van der Waals surface area contributed by atoms with E-state index < -0.39 is 12.2 Å². The molecule has 4 atom stereocenters. The van der Waals surface area contributed by atoms with Gasteiger partial charge >= 0.3 is 0 Å². The Balaban J connectivity index is 1.37. The van der Waals surface area contributed by atoms with Crippen LogP contribution in [0.3, 0.4) is 0 Å². The smallest absolute Gasteiger partial charge is 0.274 e. The Hall–Kier alpha value is -2.59. The molecule has 3 heterocycles. The number of halogens is 1. The van der Waals surface area contributed by atoms with Crippen molar-refractivity contribution in [3.05, 3.63) is 59.1 Å². The third kappa shape index (κ3) is 6.26. The van der Waals surface area contributed by atoms with Crippen molar-refractivity contribution in [1.82, 2.24) is 20.2 Å². The van der Waals surface area contributed by atoms with Gasteiger partial charge in [-0.25, -0.2) is 4.98 Å². The summed E-state index contributed by atoms with van der Waals surface area (Å²) in [5.74, 6) is -0.412. The van der Waals surface area contributed by atoms with E-state index in [-0.39, 0.29) is 55.8 Å². The van der Waals surface area contributed by atoms with E-state index in [1.54, 1.807) is 17.0 Å². The molecule has 0 radical (unpaired) electrons. The Bertz CT molecular complexity index is 946. The molecule has 0 spiro atoms. The number of rotatable bonds is 5. The summed E-state index contributed by atoms with van der Waals surface area (Å²) < 4.78 is 11.8. The zero-order valence-corrected chi connectivity index (χ0v) is 18.9. The summed E-state index contributed by atoms with van der Waals surface area (Å²) >= 11 is 5.89. The molecule has 33 heavy (non-hydrogen) atoms. The number of hydrogen-bond donors (Lipinski definition) is 2. The molecule has 2 saturated heterocycles. The first kappa shape index (κ1) is 23.6. The first-order chi connectivity index (χ1) is 16.0. The summed E-state index contributed by atoms with van der Waals surface area (Å²) in [6.07, 6.45) is 4.35. The van der Waals surface area contributed by atoms with Gasteiger partial charge in [0.1, 0.15) is 11.8 Å². The van der Waals surface area contributed by atoms with Crippen LogP contribution in [0.25, 0.3) is 0 Å². The molecule has 2 amide bonds. The van der Waals surface area contributed by atoms with E-state index >= 15 is 0 Å². The number of ether oxygens (including phenoxy) is 2. The van der Waals surface area contributed by atoms with E-state index in [0.717, 1.165) is 5.56 Å². The molecule has 4 rings (SSSR count). The minimum absolute atomic E-state index is 0.100. The maximum atomic E-state index is 13.1. The van der Waals surface area contributed by atoms with E-state index in [1.165, 1.54) is 18.6 Å². The fourth-order valence-electron chi connectivity index (χ4n) is 4.21. The molecule has 0 aliphatic carbocycles. The van der Waals surface area contributed by atoms with E-state index in [2.05, 4.69) is 15.3 Å². The highest BCUT2D eigenvalue weighted by Gasteiger charge is 2.40. The number of aliphatic hydroxyl groups is 1. The highest BCUT2D eigenvalue weighted by molar-refractivity contribution is 6.30. The Morgan fingerprint density at radius 2 is 2.00 bits per heavy atom. The molecule has 0 bridgehead atoms. The van der Waals surface area contributed by atoms with Gasteiger partial charge in [-0.1, -0.05) is 23.7 Å². The van der Waals surface area contributed by atoms with Gasteiger partial charge in [0.15, 0.2) is 0 Å². The molecule has 2 aliphatic rings. The van der Waals surface area contributed by atoms with Crippen molar-refractivity contribution < 1.29 is 24.2 Å². The van der Waals surface area contributed by atoms with Crippen molar-refractivity contribution in [2.45, 2.75) is 50.2 Å². The fraction of sp³-hybridized carbons (Fsp3) is 0.478. The van der Waals surface area contributed by atoms with Crippen LogP contribution < -0.4 is 5.32 Å². The number of fused-ring (bicyclic) bond motifs is 1. The van der Waals surface area contributed by atoms with Crippen LogP contribution in [-0.2, 0) is 20.8 Å². The van der Waals surface area contributed by atoms with Crippen molar-refractivity contribution in [2.75, 3.05) is 19.8 Å². The van der Waals surface area contributed by atoms with Crippen LogP contribution >= 0.6 is 11.6 Å². The number of aromatic nitrogens is 2. The third-order valence-electron chi connectivity index (χ3n) is 5.84. The van der Waals surface area contributed by atoms with Gasteiger partial charge in [-0.2, -0.15) is 0 Å². The summed E-state index contributed by atoms with van der Waals surface area (Å²) in [6.45, 7) is 0.861. The lowest BCUT2D eigenvalue weighted by Gasteiger charge is -2.44. The van der Waals surface area contributed by atoms with Crippen LogP contribution in [0.15, 0.2) is 42.9 Å². The second-order valence-electron chi connectivity index (χ2n) is 8.29. The summed E-state index contributed by atoms with van der Waals surface area (Å²) in [6, 6.07) is 7.02. The molecule has 1 aromatic carbocycles. The Morgan fingerprint density at radius 1 is 1.18 bits per heavy atom. The average molecular weight is 475 g/mol. The largest absolute Gasteiger partial charge is 0.389 e. The van der Waals surface area contributed by atoms with Crippen LogP contribution in [0.2, 0.25) is 5.02 Å². The van der Waals surface area contributed by atoms with E-state index in [4.69, 9.17) is 21.1 Å². The van der Waals surface area contributed by atoms with Crippen LogP contribution in [0.1, 0.15) is 35.3 Å². The number of hydrogen-bond acceptors (Lipinski definition) is 7. The summed E-state index contributed by atoms with van der Waals surface area (Å²) in [5, 5.41) is 13.8. The van der Waals surface area contributed by atoms with Crippen molar-refractivity contribution in [2.24, 2.45) is 0 Å². The van der Waals surface area contributed by atoms with Gasteiger partial charge in [-0.15, -0.1) is 0 Å². The first-order valence-electron chi connectivity index (χ1n) is 11.0. The molecule has 10 heteroatoms. The lowest BCUT2D eigenvalue weighted by Crippen LogP contribution is -2.57. The lowest BCUT2D eigenvalue weighted by molar-refractivity contribution is -0.151. The van der Waals surface area contributed by atoms with Gasteiger partial charge in [0.25, 0.3) is 5.91 Å². The summed E-state index contributed by atoms with van der Waals surface area (Å²) in [5.41, 5.74) is 1.18. The van der Waals surface area contributed by atoms with Gasteiger partial charge in [0.05, 0.1) is 44.1 Å². The maximum absolute atomic E-state index is 13.1.